The van der Waals surface area contributed by atoms with Crippen LogP contribution >= 0.6 is 0 Å². The number of alkyl halides is 3. The van der Waals surface area contributed by atoms with Crippen LogP contribution in [0.2, 0.25) is 0 Å². The van der Waals surface area contributed by atoms with Gasteiger partial charge in [-0.3, -0.25) is 14.7 Å². The lowest BCUT2D eigenvalue weighted by atomic mass is 9.83. The molecule has 8 heteroatoms. The molecule has 2 heterocycles. The molecule has 0 spiro atoms. The Kier molecular flexibility index (Phi) is 3.73. The molecule has 2 fully saturated rings. The van der Waals surface area contributed by atoms with Gasteiger partial charge in [-0.25, -0.2) is 0 Å². The maximum atomic E-state index is 13.1. The van der Waals surface area contributed by atoms with Gasteiger partial charge in [0.1, 0.15) is 5.92 Å². The van der Waals surface area contributed by atoms with Crippen LogP contribution in [-0.2, 0) is 15.8 Å². The molecule has 1 aromatic carbocycles. The third-order valence-corrected chi connectivity index (χ3v) is 5.58. The van der Waals surface area contributed by atoms with Crippen molar-refractivity contribution in [3.05, 3.63) is 41.1 Å². The highest BCUT2D eigenvalue weighted by atomic mass is 19.4. The van der Waals surface area contributed by atoms with E-state index in [9.17, 15) is 22.8 Å². The fraction of sp³-hybridized carbons (Fsp3) is 0.421. The number of carbonyl (C=O) groups is 2. The number of nitrogens with zero attached hydrogens (tertiary/aromatic N) is 1. The Balaban J connectivity index is 1.75. The van der Waals surface area contributed by atoms with Gasteiger partial charge < -0.3 is 5.32 Å². The van der Waals surface area contributed by atoms with Gasteiger partial charge in [0.05, 0.1) is 16.8 Å². The Labute approximate surface area is 153 Å². The number of halogens is 3. The topological polar surface area (TPSA) is 74.8 Å². The van der Waals surface area contributed by atoms with Crippen molar-refractivity contribution in [1.82, 2.24) is 15.5 Å². The lowest BCUT2D eigenvalue weighted by Crippen LogP contribution is -2.45. The van der Waals surface area contributed by atoms with Crippen molar-refractivity contribution in [3.63, 3.8) is 0 Å². The summed E-state index contributed by atoms with van der Waals surface area (Å²) in [6.45, 7) is 3.45. The molecule has 1 aromatic heterocycles. The van der Waals surface area contributed by atoms with E-state index < -0.39 is 23.2 Å². The van der Waals surface area contributed by atoms with Crippen LogP contribution in [-0.4, -0.2) is 27.4 Å². The number of hydrogen-bond acceptors (Lipinski definition) is 3. The Morgan fingerprint density at radius 2 is 1.78 bits per heavy atom. The number of hydrogen-bond donors (Lipinski definition) is 2. The first-order valence-corrected chi connectivity index (χ1v) is 8.71. The number of nitrogens with one attached hydrogen (secondary N) is 2. The molecule has 2 N–H and O–H groups in total. The highest BCUT2D eigenvalue weighted by Gasteiger charge is 2.58. The van der Waals surface area contributed by atoms with Gasteiger partial charge >= 0.3 is 6.18 Å². The lowest BCUT2D eigenvalue weighted by Gasteiger charge is -2.21. The molecule has 0 bridgehead atoms. The van der Waals surface area contributed by atoms with Crippen LogP contribution in [0, 0.1) is 12.8 Å². The van der Waals surface area contributed by atoms with Crippen LogP contribution in [0.25, 0.3) is 11.3 Å². The van der Waals surface area contributed by atoms with E-state index in [0.717, 1.165) is 25.0 Å². The zero-order valence-electron chi connectivity index (χ0n) is 14.8. The first kappa shape index (κ1) is 17.8. The summed E-state index contributed by atoms with van der Waals surface area (Å²) in [5.74, 6) is -1.45. The number of aromatic amines is 1. The van der Waals surface area contributed by atoms with Gasteiger partial charge in [0.15, 0.2) is 5.78 Å². The number of carbonyl (C=O) groups excluding carboxylic acids is 2. The number of benzene rings is 1. The van der Waals surface area contributed by atoms with Crippen molar-refractivity contribution >= 4 is 11.7 Å². The van der Waals surface area contributed by atoms with E-state index in [0.29, 0.717) is 22.5 Å². The first-order chi connectivity index (χ1) is 12.6. The van der Waals surface area contributed by atoms with Crippen molar-refractivity contribution in [2.45, 2.75) is 44.3 Å². The minimum absolute atomic E-state index is 0.140. The quantitative estimate of drug-likeness (QED) is 0.806. The summed E-state index contributed by atoms with van der Waals surface area (Å²) in [6.07, 6.45) is -2.65. The minimum Gasteiger partial charge on any atom is -0.343 e. The van der Waals surface area contributed by atoms with Crippen molar-refractivity contribution in [3.8, 4) is 11.3 Å². The standard InChI is InChI=1S/C19H18F3N3O2/c1-9-13(14-16(26)18(2,11-7-8-11)23-17(14)27)15(25-24-9)10-3-5-12(6-4-10)19(20,21)22/h3-6,11,14H,7-8H2,1-2H3,(H,23,27)(H,24,25). The molecule has 2 aromatic rings. The van der Waals surface area contributed by atoms with Gasteiger partial charge in [0.2, 0.25) is 5.91 Å². The normalized spacial score (nSPS) is 25.7. The summed E-state index contributed by atoms with van der Waals surface area (Å²) in [4.78, 5) is 25.7. The Hall–Kier alpha value is -2.64. The molecule has 1 saturated heterocycles. The SMILES string of the molecule is Cc1[nH]nc(-c2ccc(C(F)(F)F)cc2)c1C1C(=O)NC(C)(C2CC2)C1=O. The van der Waals surface area contributed by atoms with Gasteiger partial charge in [-0.1, -0.05) is 12.1 Å². The third kappa shape index (κ3) is 2.74. The predicted molar refractivity (Wildman–Crippen MR) is 90.8 cm³/mol. The van der Waals surface area contributed by atoms with E-state index in [4.69, 9.17) is 0 Å². The maximum Gasteiger partial charge on any atom is 0.416 e. The molecule has 0 radical (unpaired) electrons. The van der Waals surface area contributed by atoms with Crippen LogP contribution in [0.15, 0.2) is 24.3 Å². The average molecular weight is 377 g/mol. The number of Topliss-reactive ketones (excluding diaryl/α,β-unsaturated/α-hetero) is 1. The number of aryl methyl sites for hydroxylation is 1. The molecule has 142 valence electrons. The van der Waals surface area contributed by atoms with Gasteiger partial charge in [-0.05, 0) is 44.7 Å². The van der Waals surface area contributed by atoms with Crippen molar-refractivity contribution in [2.24, 2.45) is 5.92 Å². The molecule has 4 rings (SSSR count). The molecular formula is C19H18F3N3O2. The number of aromatic nitrogens is 2. The van der Waals surface area contributed by atoms with Crippen LogP contribution in [0.5, 0.6) is 0 Å². The average Bonchev–Trinajstić information content (AvgIpc) is 3.35. The summed E-state index contributed by atoms with van der Waals surface area (Å²) in [5.41, 5.74) is 0.0805. The fourth-order valence-corrected chi connectivity index (χ4v) is 3.86. The van der Waals surface area contributed by atoms with E-state index >= 15 is 0 Å². The molecule has 1 amide bonds. The fourth-order valence-electron chi connectivity index (χ4n) is 3.86. The highest BCUT2D eigenvalue weighted by molar-refractivity contribution is 6.18. The van der Waals surface area contributed by atoms with E-state index in [-0.39, 0.29) is 17.6 Å². The summed E-state index contributed by atoms with van der Waals surface area (Å²) < 4.78 is 38.4. The van der Waals surface area contributed by atoms with Crippen LogP contribution < -0.4 is 5.32 Å². The van der Waals surface area contributed by atoms with Crippen LogP contribution in [0.4, 0.5) is 13.2 Å². The highest BCUT2D eigenvalue weighted by Crippen LogP contribution is 2.47. The summed E-state index contributed by atoms with van der Waals surface area (Å²) in [6, 6.07) is 4.54. The van der Waals surface area contributed by atoms with Gasteiger partial charge in [-0.2, -0.15) is 18.3 Å². The molecule has 2 aliphatic rings. The van der Waals surface area contributed by atoms with Crippen LogP contribution in [0.3, 0.4) is 0 Å². The first-order valence-electron chi connectivity index (χ1n) is 8.71. The zero-order chi connectivity index (χ0) is 19.6. The van der Waals surface area contributed by atoms with E-state index in [1.54, 1.807) is 13.8 Å². The van der Waals surface area contributed by atoms with Crippen molar-refractivity contribution in [1.29, 1.82) is 0 Å². The largest absolute Gasteiger partial charge is 0.416 e. The summed E-state index contributed by atoms with van der Waals surface area (Å²) in [5, 5.41) is 9.76. The van der Waals surface area contributed by atoms with E-state index in [1.807, 2.05) is 0 Å². The lowest BCUT2D eigenvalue weighted by molar-refractivity contribution is -0.137. The third-order valence-electron chi connectivity index (χ3n) is 5.58. The molecular weight excluding hydrogens is 359 g/mol. The minimum atomic E-state index is -4.43. The molecule has 5 nitrogen and oxygen atoms in total. The second-order valence-corrected chi connectivity index (χ2v) is 7.45. The second kappa shape index (κ2) is 5.68. The van der Waals surface area contributed by atoms with E-state index in [1.165, 1.54) is 12.1 Å². The monoisotopic (exact) mass is 377 g/mol. The second-order valence-electron chi connectivity index (χ2n) is 7.45. The maximum absolute atomic E-state index is 13.1. The van der Waals surface area contributed by atoms with E-state index in [2.05, 4.69) is 15.5 Å². The predicted octanol–water partition coefficient (Wildman–Crippen LogP) is 3.36. The van der Waals surface area contributed by atoms with Crippen molar-refractivity contribution in [2.75, 3.05) is 0 Å². The molecule has 1 saturated carbocycles. The van der Waals surface area contributed by atoms with Crippen LogP contribution in [0.1, 0.15) is 42.5 Å². The van der Waals surface area contributed by atoms with Crippen molar-refractivity contribution < 1.29 is 22.8 Å². The van der Waals surface area contributed by atoms with Gasteiger partial charge in [0, 0.05) is 16.8 Å². The molecule has 1 aliphatic heterocycles. The zero-order valence-corrected chi connectivity index (χ0v) is 14.8. The van der Waals surface area contributed by atoms with Gasteiger partial charge in [0.25, 0.3) is 0 Å². The number of amides is 1. The molecule has 1 aliphatic carbocycles. The number of ketones is 1. The summed E-state index contributed by atoms with van der Waals surface area (Å²) >= 11 is 0. The smallest absolute Gasteiger partial charge is 0.343 e. The number of H-pyrrole nitrogens is 1. The Morgan fingerprint density at radius 1 is 1.15 bits per heavy atom. The van der Waals surface area contributed by atoms with Gasteiger partial charge in [-0.15, -0.1) is 0 Å². The number of rotatable bonds is 3. The molecule has 2 atom stereocenters. The Bertz CT molecular complexity index is 929. The summed E-state index contributed by atoms with van der Waals surface area (Å²) in [7, 11) is 0. The molecule has 27 heavy (non-hydrogen) atoms. The molecule has 2 unspecified atom stereocenters. The Morgan fingerprint density at radius 3 is 2.33 bits per heavy atom.